The number of nitrogens with two attached hydrogens (primary N) is 1. The third-order valence-corrected chi connectivity index (χ3v) is 5.82. The van der Waals surface area contributed by atoms with Gasteiger partial charge in [-0.15, -0.1) is 0 Å². The summed E-state index contributed by atoms with van der Waals surface area (Å²) in [6.07, 6.45) is 1.93. The zero-order valence-electron chi connectivity index (χ0n) is 11.2. The summed E-state index contributed by atoms with van der Waals surface area (Å²) in [6.45, 7) is 2.41. The van der Waals surface area contributed by atoms with Crippen LogP contribution >= 0.6 is 15.9 Å². The van der Waals surface area contributed by atoms with Crippen molar-refractivity contribution in [3.8, 4) is 0 Å². The number of amides is 1. The van der Waals surface area contributed by atoms with Gasteiger partial charge in [0, 0.05) is 22.7 Å². The van der Waals surface area contributed by atoms with E-state index in [0.717, 1.165) is 12.8 Å². The molecular weight excluding hydrogens is 344 g/mol. The fraction of sp³-hybridized carbons (Fsp3) is 0.462. The summed E-state index contributed by atoms with van der Waals surface area (Å²) in [5.74, 6) is -0.835. The van der Waals surface area contributed by atoms with Gasteiger partial charge in [-0.1, -0.05) is 0 Å². The molecule has 7 heteroatoms. The molecule has 1 aromatic rings. The molecule has 5 nitrogen and oxygen atoms in total. The predicted molar refractivity (Wildman–Crippen MR) is 81.0 cm³/mol. The van der Waals surface area contributed by atoms with Gasteiger partial charge in [-0.3, -0.25) is 4.79 Å². The maximum Gasteiger partial charge on any atom is 0.238 e. The second kappa shape index (κ2) is 5.73. The number of sulfone groups is 1. The molecule has 0 aromatic heterocycles. The van der Waals surface area contributed by atoms with Gasteiger partial charge < -0.3 is 10.6 Å². The lowest BCUT2D eigenvalue weighted by Gasteiger charge is -2.20. The molecule has 1 amide bonds. The number of carbonyl (C=O) groups is 1. The Hall–Kier alpha value is -1.08. The highest BCUT2D eigenvalue weighted by Gasteiger charge is 2.34. The van der Waals surface area contributed by atoms with Crippen LogP contribution < -0.4 is 5.73 Å². The molecule has 0 unspecified atom stereocenters. The van der Waals surface area contributed by atoms with Gasteiger partial charge in [0.05, 0.1) is 4.90 Å². The van der Waals surface area contributed by atoms with Crippen molar-refractivity contribution in [1.82, 2.24) is 4.90 Å². The van der Waals surface area contributed by atoms with E-state index in [-0.39, 0.29) is 16.8 Å². The number of nitrogen functional groups attached to an aromatic ring is 1. The van der Waals surface area contributed by atoms with E-state index >= 15 is 0 Å². The fourth-order valence-electron chi connectivity index (χ4n) is 2.12. The van der Waals surface area contributed by atoms with Crippen LogP contribution in [0.4, 0.5) is 5.69 Å². The highest BCUT2D eigenvalue weighted by atomic mass is 79.9. The van der Waals surface area contributed by atoms with Crippen molar-refractivity contribution < 1.29 is 13.2 Å². The van der Waals surface area contributed by atoms with Crippen molar-refractivity contribution in [1.29, 1.82) is 0 Å². The first-order valence-electron chi connectivity index (χ1n) is 6.42. The number of hydrogen-bond acceptors (Lipinski definition) is 4. The fourth-order valence-corrected chi connectivity index (χ4v) is 4.53. The highest BCUT2D eigenvalue weighted by Crippen LogP contribution is 2.28. The lowest BCUT2D eigenvalue weighted by Crippen LogP contribution is -2.37. The Morgan fingerprint density at radius 1 is 1.45 bits per heavy atom. The second-order valence-corrected chi connectivity index (χ2v) is 7.67. The molecule has 1 fully saturated rings. The Morgan fingerprint density at radius 3 is 2.60 bits per heavy atom. The van der Waals surface area contributed by atoms with Crippen molar-refractivity contribution in [3.63, 3.8) is 0 Å². The van der Waals surface area contributed by atoms with E-state index in [1.165, 1.54) is 18.2 Å². The van der Waals surface area contributed by atoms with Crippen LogP contribution in [0.15, 0.2) is 27.6 Å². The lowest BCUT2D eigenvalue weighted by molar-refractivity contribution is -0.128. The molecule has 1 saturated carbocycles. The van der Waals surface area contributed by atoms with Crippen LogP contribution in [0.5, 0.6) is 0 Å². The summed E-state index contributed by atoms with van der Waals surface area (Å²) < 4.78 is 25.0. The number of carbonyl (C=O) groups excluding carboxylic acids is 1. The standard InChI is InChI=1S/C13H17BrN2O3S/c1-2-16(10-4-5-10)13(17)8-20(18,19)12-6-3-9(15)7-11(12)14/h3,6-7,10H,2,4-5,8,15H2,1H3. The van der Waals surface area contributed by atoms with Crippen LogP contribution in [0.3, 0.4) is 0 Å². The van der Waals surface area contributed by atoms with Gasteiger partial charge in [-0.05, 0) is 53.9 Å². The van der Waals surface area contributed by atoms with Gasteiger partial charge >= 0.3 is 0 Å². The molecule has 0 saturated heterocycles. The van der Waals surface area contributed by atoms with E-state index in [1.54, 1.807) is 4.90 Å². The minimum Gasteiger partial charge on any atom is -0.399 e. The summed E-state index contributed by atoms with van der Waals surface area (Å²) in [4.78, 5) is 13.9. The van der Waals surface area contributed by atoms with E-state index in [2.05, 4.69) is 15.9 Å². The normalized spacial score (nSPS) is 15.1. The topological polar surface area (TPSA) is 80.5 Å². The molecule has 2 rings (SSSR count). The Kier molecular flexibility index (Phi) is 4.39. The minimum absolute atomic E-state index is 0.104. The number of halogens is 1. The number of benzene rings is 1. The molecular formula is C13H17BrN2O3S. The van der Waals surface area contributed by atoms with Gasteiger partial charge in [0.25, 0.3) is 0 Å². The van der Waals surface area contributed by atoms with Crippen LogP contribution in [0.1, 0.15) is 19.8 Å². The van der Waals surface area contributed by atoms with Crippen molar-refractivity contribution >= 4 is 37.4 Å². The molecule has 1 aliphatic rings. The SMILES string of the molecule is CCN(C(=O)CS(=O)(=O)c1ccc(N)cc1Br)C1CC1. The quantitative estimate of drug-likeness (QED) is 0.812. The first-order valence-corrected chi connectivity index (χ1v) is 8.87. The largest absolute Gasteiger partial charge is 0.399 e. The highest BCUT2D eigenvalue weighted by molar-refractivity contribution is 9.10. The average molecular weight is 361 g/mol. The summed E-state index contributed by atoms with van der Waals surface area (Å²) in [6, 6.07) is 4.68. The second-order valence-electron chi connectivity index (χ2n) is 4.86. The molecule has 0 bridgehead atoms. The summed E-state index contributed by atoms with van der Waals surface area (Å²) >= 11 is 3.18. The number of hydrogen-bond donors (Lipinski definition) is 1. The van der Waals surface area contributed by atoms with E-state index in [4.69, 9.17) is 5.73 Å². The van der Waals surface area contributed by atoms with E-state index < -0.39 is 15.6 Å². The minimum atomic E-state index is -3.66. The maximum atomic E-state index is 12.3. The lowest BCUT2D eigenvalue weighted by atomic mass is 10.3. The van der Waals surface area contributed by atoms with Crippen LogP contribution in [-0.4, -0.2) is 37.6 Å². The number of nitrogens with zero attached hydrogens (tertiary/aromatic N) is 1. The van der Waals surface area contributed by atoms with Crippen molar-refractivity contribution in [2.45, 2.75) is 30.7 Å². The summed E-state index contributed by atoms with van der Waals surface area (Å²) in [5.41, 5.74) is 6.06. The molecule has 0 spiro atoms. The third-order valence-electron chi connectivity index (χ3n) is 3.25. The van der Waals surface area contributed by atoms with E-state index in [9.17, 15) is 13.2 Å². The Labute approximate surface area is 127 Å². The van der Waals surface area contributed by atoms with Crippen molar-refractivity contribution in [3.05, 3.63) is 22.7 Å². The molecule has 2 N–H and O–H groups in total. The molecule has 0 atom stereocenters. The van der Waals surface area contributed by atoms with Crippen LogP contribution in [0, 0.1) is 0 Å². The molecule has 0 aliphatic heterocycles. The average Bonchev–Trinajstić information content (AvgIpc) is 3.12. The number of rotatable bonds is 5. The van der Waals surface area contributed by atoms with Gasteiger partial charge in [0.15, 0.2) is 9.84 Å². The van der Waals surface area contributed by atoms with Gasteiger partial charge in [0.1, 0.15) is 5.75 Å². The smallest absolute Gasteiger partial charge is 0.238 e. The zero-order chi connectivity index (χ0) is 14.9. The summed E-state index contributed by atoms with van der Waals surface area (Å²) in [5, 5.41) is 0. The van der Waals surface area contributed by atoms with Crippen molar-refractivity contribution in [2.75, 3.05) is 18.0 Å². The van der Waals surface area contributed by atoms with Crippen LogP contribution in [0.2, 0.25) is 0 Å². The molecule has 1 aromatic carbocycles. The predicted octanol–water partition coefficient (Wildman–Crippen LogP) is 1.82. The van der Waals surface area contributed by atoms with Gasteiger partial charge in [0.2, 0.25) is 5.91 Å². The van der Waals surface area contributed by atoms with E-state index in [0.29, 0.717) is 16.7 Å². The summed E-state index contributed by atoms with van der Waals surface area (Å²) in [7, 11) is -3.66. The van der Waals surface area contributed by atoms with E-state index in [1.807, 2.05) is 6.92 Å². The maximum absolute atomic E-state index is 12.3. The van der Waals surface area contributed by atoms with Crippen LogP contribution in [-0.2, 0) is 14.6 Å². The zero-order valence-corrected chi connectivity index (χ0v) is 13.6. The van der Waals surface area contributed by atoms with Gasteiger partial charge in [-0.2, -0.15) is 0 Å². The first kappa shape index (κ1) is 15.3. The van der Waals surface area contributed by atoms with Gasteiger partial charge in [-0.25, -0.2) is 8.42 Å². The first-order chi connectivity index (χ1) is 9.35. The molecule has 110 valence electrons. The molecule has 0 radical (unpaired) electrons. The van der Waals surface area contributed by atoms with Crippen molar-refractivity contribution in [2.24, 2.45) is 0 Å². The molecule has 1 aliphatic carbocycles. The Bertz CT molecular complexity index is 627. The molecule has 20 heavy (non-hydrogen) atoms. The molecule has 0 heterocycles. The Morgan fingerprint density at radius 2 is 2.10 bits per heavy atom. The monoisotopic (exact) mass is 360 g/mol. The third kappa shape index (κ3) is 3.32. The Balaban J connectivity index is 2.20. The number of anilines is 1. The van der Waals surface area contributed by atoms with Crippen LogP contribution in [0.25, 0.3) is 0 Å².